The molecule has 4 rings (SSSR count). The van der Waals surface area contributed by atoms with Crippen LogP contribution < -0.4 is 0 Å². The highest BCUT2D eigenvalue weighted by atomic mass is 16.3. The summed E-state index contributed by atoms with van der Waals surface area (Å²) in [6.45, 7) is 3.83. The zero-order valence-electron chi connectivity index (χ0n) is 15.5. The molecule has 1 aromatic carbocycles. The molecule has 6 nitrogen and oxygen atoms in total. The number of benzene rings is 1. The number of aliphatic hydroxyl groups is 1. The summed E-state index contributed by atoms with van der Waals surface area (Å²) in [4.78, 5) is 27.0. The van der Waals surface area contributed by atoms with Crippen molar-refractivity contribution in [3.63, 3.8) is 0 Å². The van der Waals surface area contributed by atoms with Gasteiger partial charge >= 0.3 is 0 Å². The maximum absolute atomic E-state index is 12.9. The van der Waals surface area contributed by atoms with E-state index in [0.29, 0.717) is 17.1 Å². The lowest BCUT2D eigenvalue weighted by molar-refractivity contribution is -0.140. The van der Waals surface area contributed by atoms with Gasteiger partial charge in [0.1, 0.15) is 23.3 Å². The smallest absolute Gasteiger partial charge is 0.296 e. The van der Waals surface area contributed by atoms with Crippen LogP contribution in [0.25, 0.3) is 5.76 Å². The molecule has 1 aliphatic rings. The number of hydrogen-bond acceptors (Lipinski definition) is 5. The van der Waals surface area contributed by atoms with E-state index in [4.69, 9.17) is 8.83 Å². The Kier molecular flexibility index (Phi) is 4.39. The second kappa shape index (κ2) is 6.88. The summed E-state index contributed by atoms with van der Waals surface area (Å²) >= 11 is 0. The van der Waals surface area contributed by atoms with Crippen LogP contribution in [0.3, 0.4) is 0 Å². The summed E-state index contributed by atoms with van der Waals surface area (Å²) < 4.78 is 10.9. The first-order chi connectivity index (χ1) is 13.5. The molecular weight excluding hydrogens is 358 g/mol. The van der Waals surface area contributed by atoms with Crippen molar-refractivity contribution in [3.8, 4) is 0 Å². The number of ketones is 1. The molecule has 1 saturated heterocycles. The third kappa shape index (κ3) is 2.93. The van der Waals surface area contributed by atoms with E-state index in [-0.39, 0.29) is 17.9 Å². The van der Waals surface area contributed by atoms with Crippen LogP contribution in [0.1, 0.15) is 34.3 Å². The first-order valence-corrected chi connectivity index (χ1v) is 8.89. The highest BCUT2D eigenvalue weighted by molar-refractivity contribution is 6.46. The third-order valence-electron chi connectivity index (χ3n) is 4.91. The van der Waals surface area contributed by atoms with Gasteiger partial charge in [-0.3, -0.25) is 9.59 Å². The zero-order valence-corrected chi connectivity index (χ0v) is 15.5. The van der Waals surface area contributed by atoms with Gasteiger partial charge in [0, 0.05) is 5.56 Å². The van der Waals surface area contributed by atoms with E-state index in [0.717, 1.165) is 11.1 Å². The van der Waals surface area contributed by atoms with E-state index in [1.807, 2.05) is 26.0 Å². The maximum atomic E-state index is 12.9. The molecule has 0 saturated carbocycles. The van der Waals surface area contributed by atoms with Gasteiger partial charge in [-0.05, 0) is 49.7 Å². The predicted octanol–water partition coefficient (Wildman–Crippen LogP) is 4.11. The van der Waals surface area contributed by atoms with Gasteiger partial charge in [0.2, 0.25) is 0 Å². The van der Waals surface area contributed by atoms with E-state index >= 15 is 0 Å². The Morgan fingerprint density at radius 2 is 1.82 bits per heavy atom. The Morgan fingerprint density at radius 1 is 1.07 bits per heavy atom. The number of hydrogen-bond donors (Lipinski definition) is 1. The summed E-state index contributed by atoms with van der Waals surface area (Å²) in [5.41, 5.74) is 2.28. The fourth-order valence-electron chi connectivity index (χ4n) is 3.49. The lowest BCUT2D eigenvalue weighted by Gasteiger charge is -2.22. The number of aryl methyl sites for hydroxylation is 2. The monoisotopic (exact) mass is 377 g/mol. The van der Waals surface area contributed by atoms with Gasteiger partial charge in [0.15, 0.2) is 0 Å². The van der Waals surface area contributed by atoms with Gasteiger partial charge < -0.3 is 18.8 Å². The molecule has 0 aliphatic carbocycles. The Morgan fingerprint density at radius 3 is 2.50 bits per heavy atom. The Labute approximate surface area is 161 Å². The van der Waals surface area contributed by atoms with Crippen LogP contribution in [0.4, 0.5) is 0 Å². The number of carbonyl (C=O) groups is 2. The standard InChI is InChI=1S/C22H19NO5/c1-13-7-8-14(2)16(11-13)20(24)18-19(17-6-4-10-28-17)23(22(26)21(18)25)12-15-5-3-9-27-15/h3-11,19,24H,12H2,1-2H3. The van der Waals surface area contributed by atoms with Crippen molar-refractivity contribution < 1.29 is 23.5 Å². The SMILES string of the molecule is Cc1ccc(C)c(C(O)=C2C(=O)C(=O)N(Cc3ccco3)C2c2ccco2)c1. The topological polar surface area (TPSA) is 83.9 Å². The summed E-state index contributed by atoms with van der Waals surface area (Å²) in [6, 6.07) is 11.6. The number of aliphatic hydroxyl groups excluding tert-OH is 1. The minimum absolute atomic E-state index is 0.0141. The van der Waals surface area contributed by atoms with Gasteiger partial charge in [0.25, 0.3) is 11.7 Å². The van der Waals surface area contributed by atoms with Gasteiger partial charge in [0.05, 0.1) is 24.6 Å². The molecule has 3 aromatic rings. The summed E-state index contributed by atoms with van der Waals surface area (Å²) in [5, 5.41) is 11.0. The van der Waals surface area contributed by atoms with Crippen LogP contribution in [0, 0.1) is 13.8 Å². The van der Waals surface area contributed by atoms with E-state index in [9.17, 15) is 14.7 Å². The molecule has 1 unspecified atom stereocenters. The maximum Gasteiger partial charge on any atom is 0.296 e. The van der Waals surface area contributed by atoms with Crippen molar-refractivity contribution in [1.29, 1.82) is 0 Å². The molecular formula is C22H19NO5. The highest BCUT2D eigenvalue weighted by Gasteiger charge is 2.47. The first kappa shape index (κ1) is 17.9. The predicted molar refractivity (Wildman–Crippen MR) is 101 cm³/mol. The lowest BCUT2D eigenvalue weighted by Crippen LogP contribution is -2.28. The number of Topliss-reactive ketones (excluding diaryl/α,β-unsaturated/α-hetero) is 1. The minimum Gasteiger partial charge on any atom is -0.507 e. The van der Waals surface area contributed by atoms with Crippen molar-refractivity contribution in [3.05, 3.63) is 88.8 Å². The number of amides is 1. The number of furan rings is 2. The quantitative estimate of drug-likeness (QED) is 0.420. The van der Waals surface area contributed by atoms with Gasteiger partial charge in [-0.15, -0.1) is 0 Å². The second-order valence-corrected chi connectivity index (χ2v) is 6.84. The molecule has 1 aliphatic heterocycles. The molecule has 0 spiro atoms. The van der Waals surface area contributed by atoms with Gasteiger partial charge in [-0.25, -0.2) is 0 Å². The van der Waals surface area contributed by atoms with Gasteiger partial charge in [-0.2, -0.15) is 0 Å². The van der Waals surface area contributed by atoms with E-state index in [1.54, 1.807) is 30.3 Å². The normalized spacial score (nSPS) is 18.8. The fourth-order valence-corrected chi connectivity index (χ4v) is 3.49. The Bertz CT molecular complexity index is 1060. The van der Waals surface area contributed by atoms with Crippen molar-refractivity contribution >= 4 is 17.4 Å². The van der Waals surface area contributed by atoms with Gasteiger partial charge in [-0.1, -0.05) is 17.7 Å². The van der Waals surface area contributed by atoms with E-state index in [1.165, 1.54) is 17.4 Å². The molecule has 2 aromatic heterocycles. The number of rotatable bonds is 4. The average molecular weight is 377 g/mol. The summed E-state index contributed by atoms with van der Waals surface area (Å²) in [6.07, 6.45) is 2.98. The van der Waals surface area contributed by atoms with Crippen LogP contribution in [0.2, 0.25) is 0 Å². The minimum atomic E-state index is -0.833. The van der Waals surface area contributed by atoms with Crippen molar-refractivity contribution in [1.82, 2.24) is 4.90 Å². The van der Waals surface area contributed by atoms with Crippen molar-refractivity contribution in [2.75, 3.05) is 0 Å². The molecule has 6 heteroatoms. The molecule has 1 atom stereocenters. The summed E-state index contributed by atoms with van der Waals surface area (Å²) in [5.74, 6) is -0.721. The number of nitrogens with zero attached hydrogens (tertiary/aromatic N) is 1. The van der Waals surface area contributed by atoms with E-state index < -0.39 is 17.7 Å². The highest BCUT2D eigenvalue weighted by Crippen LogP contribution is 2.40. The molecule has 1 N–H and O–H groups in total. The molecule has 0 bridgehead atoms. The van der Waals surface area contributed by atoms with Crippen LogP contribution >= 0.6 is 0 Å². The molecule has 28 heavy (non-hydrogen) atoms. The average Bonchev–Trinajstić information content (AvgIpc) is 3.42. The number of carbonyl (C=O) groups excluding carboxylic acids is 2. The third-order valence-corrected chi connectivity index (χ3v) is 4.91. The molecule has 1 fully saturated rings. The zero-order chi connectivity index (χ0) is 19.8. The van der Waals surface area contributed by atoms with Crippen LogP contribution in [-0.2, 0) is 16.1 Å². The number of likely N-dealkylation sites (tertiary alicyclic amines) is 1. The molecule has 3 heterocycles. The van der Waals surface area contributed by atoms with Crippen LogP contribution in [-0.4, -0.2) is 21.7 Å². The van der Waals surface area contributed by atoms with Crippen molar-refractivity contribution in [2.45, 2.75) is 26.4 Å². The van der Waals surface area contributed by atoms with Crippen molar-refractivity contribution in [2.24, 2.45) is 0 Å². The van der Waals surface area contributed by atoms with Crippen LogP contribution in [0.15, 0.2) is 69.4 Å². The van der Waals surface area contributed by atoms with Crippen LogP contribution in [0.5, 0.6) is 0 Å². The summed E-state index contributed by atoms with van der Waals surface area (Å²) in [7, 11) is 0. The molecule has 0 radical (unpaired) electrons. The fraction of sp³-hybridized carbons (Fsp3) is 0.182. The lowest BCUT2D eigenvalue weighted by atomic mass is 9.96. The second-order valence-electron chi connectivity index (χ2n) is 6.84. The largest absolute Gasteiger partial charge is 0.507 e. The Balaban J connectivity index is 1.88. The Hall–Kier alpha value is -3.54. The molecule has 1 amide bonds. The molecule has 142 valence electrons. The van der Waals surface area contributed by atoms with E-state index in [2.05, 4.69) is 0 Å². The first-order valence-electron chi connectivity index (χ1n) is 8.89.